The second-order valence-corrected chi connectivity index (χ2v) is 6.64. The van der Waals surface area contributed by atoms with Crippen LogP contribution in [-0.4, -0.2) is 26.9 Å². The molecule has 0 aliphatic rings. The van der Waals surface area contributed by atoms with Crippen LogP contribution in [0.3, 0.4) is 0 Å². The van der Waals surface area contributed by atoms with Gasteiger partial charge in [0.2, 0.25) is 15.8 Å². The first-order chi connectivity index (χ1) is 10.8. The Balaban J connectivity index is 1.88. The third-order valence-corrected chi connectivity index (χ3v) is 3.93. The first kappa shape index (κ1) is 17.2. The molecule has 1 amide bonds. The van der Waals surface area contributed by atoms with Crippen LogP contribution < -0.4 is 10.5 Å². The number of amides is 1. The SMILES string of the molecule is NS(=O)(=O)c1ccc(NC(=O)COC(=O)c2ccc(Br)o2)cc1. The molecule has 0 saturated heterocycles. The summed E-state index contributed by atoms with van der Waals surface area (Å²) in [5.41, 5.74) is 0.333. The van der Waals surface area contributed by atoms with Crippen molar-refractivity contribution in [2.24, 2.45) is 5.14 Å². The molecule has 8 nitrogen and oxygen atoms in total. The van der Waals surface area contributed by atoms with Crippen LogP contribution in [0.5, 0.6) is 0 Å². The quantitative estimate of drug-likeness (QED) is 0.728. The predicted octanol–water partition coefficient (Wildman–Crippen LogP) is 1.49. The van der Waals surface area contributed by atoms with Crippen LogP contribution in [0.2, 0.25) is 0 Å². The molecule has 0 bridgehead atoms. The number of carbonyl (C=O) groups is 2. The van der Waals surface area contributed by atoms with Crippen LogP contribution in [0.15, 0.2) is 50.4 Å². The lowest BCUT2D eigenvalue weighted by atomic mass is 10.3. The van der Waals surface area contributed by atoms with Crippen molar-refractivity contribution in [3.05, 3.63) is 46.8 Å². The topological polar surface area (TPSA) is 129 Å². The van der Waals surface area contributed by atoms with E-state index in [1.54, 1.807) is 0 Å². The fourth-order valence-electron chi connectivity index (χ4n) is 1.55. The number of hydrogen-bond acceptors (Lipinski definition) is 6. The van der Waals surface area contributed by atoms with E-state index >= 15 is 0 Å². The molecule has 23 heavy (non-hydrogen) atoms. The highest BCUT2D eigenvalue weighted by atomic mass is 79.9. The van der Waals surface area contributed by atoms with E-state index in [4.69, 9.17) is 14.3 Å². The molecule has 0 spiro atoms. The summed E-state index contributed by atoms with van der Waals surface area (Å²) < 4.78 is 32.3. The van der Waals surface area contributed by atoms with Crippen LogP contribution in [0.1, 0.15) is 10.6 Å². The summed E-state index contributed by atoms with van der Waals surface area (Å²) in [5.74, 6) is -1.41. The Bertz CT molecular complexity index is 828. The summed E-state index contributed by atoms with van der Waals surface area (Å²) in [7, 11) is -3.79. The molecular weight excluding hydrogens is 392 g/mol. The zero-order chi connectivity index (χ0) is 17.0. The van der Waals surface area contributed by atoms with Gasteiger partial charge in [-0.25, -0.2) is 18.4 Å². The maximum atomic E-state index is 11.7. The molecule has 0 aliphatic heterocycles. The second kappa shape index (κ2) is 6.94. The molecule has 0 saturated carbocycles. The number of rotatable bonds is 5. The van der Waals surface area contributed by atoms with Crippen LogP contribution >= 0.6 is 15.9 Å². The molecule has 0 radical (unpaired) electrons. The molecule has 2 aromatic rings. The molecule has 0 atom stereocenters. The van der Waals surface area contributed by atoms with E-state index in [0.717, 1.165) is 0 Å². The molecule has 3 N–H and O–H groups in total. The smallest absolute Gasteiger partial charge is 0.374 e. The van der Waals surface area contributed by atoms with Gasteiger partial charge in [0.15, 0.2) is 11.3 Å². The summed E-state index contributed by atoms with van der Waals surface area (Å²) in [5, 5.41) is 7.40. The fraction of sp³-hybridized carbons (Fsp3) is 0.0769. The number of esters is 1. The number of ether oxygens (including phenoxy) is 1. The highest BCUT2D eigenvalue weighted by Gasteiger charge is 2.14. The van der Waals surface area contributed by atoms with E-state index in [2.05, 4.69) is 21.2 Å². The van der Waals surface area contributed by atoms with Gasteiger partial charge < -0.3 is 14.5 Å². The number of primary sulfonamides is 1. The minimum Gasteiger partial charge on any atom is -0.450 e. The van der Waals surface area contributed by atoms with Crippen molar-refractivity contribution in [1.29, 1.82) is 0 Å². The summed E-state index contributed by atoms with van der Waals surface area (Å²) in [6, 6.07) is 8.14. The molecule has 10 heteroatoms. The van der Waals surface area contributed by atoms with Crippen molar-refractivity contribution in [2.75, 3.05) is 11.9 Å². The first-order valence-corrected chi connectivity index (χ1v) is 8.45. The number of nitrogens with two attached hydrogens (primary N) is 1. The molecule has 0 unspecified atom stereocenters. The van der Waals surface area contributed by atoms with Crippen LogP contribution in [0.25, 0.3) is 0 Å². The average Bonchev–Trinajstić information content (AvgIpc) is 2.91. The van der Waals surface area contributed by atoms with Gasteiger partial charge in [0.05, 0.1) is 4.90 Å². The molecule has 0 aliphatic carbocycles. The minimum atomic E-state index is -3.79. The van der Waals surface area contributed by atoms with Crippen molar-refractivity contribution in [3.8, 4) is 0 Å². The normalized spacial score (nSPS) is 11.0. The van der Waals surface area contributed by atoms with Crippen LogP contribution in [0.4, 0.5) is 5.69 Å². The van der Waals surface area contributed by atoms with Gasteiger partial charge >= 0.3 is 5.97 Å². The fourth-order valence-corrected chi connectivity index (χ4v) is 2.37. The highest BCUT2D eigenvalue weighted by molar-refractivity contribution is 9.10. The van der Waals surface area contributed by atoms with E-state index in [1.165, 1.54) is 36.4 Å². The van der Waals surface area contributed by atoms with Crippen molar-refractivity contribution in [2.45, 2.75) is 4.90 Å². The zero-order valence-electron chi connectivity index (χ0n) is 11.5. The molecule has 0 fully saturated rings. The standard InChI is InChI=1S/C13H11BrN2O6S/c14-11-6-5-10(22-11)13(18)21-7-12(17)16-8-1-3-9(4-2-8)23(15,19)20/h1-6H,7H2,(H,16,17)(H2,15,19,20). The molecular formula is C13H11BrN2O6S. The number of halogens is 1. The zero-order valence-corrected chi connectivity index (χ0v) is 13.9. The lowest BCUT2D eigenvalue weighted by Gasteiger charge is -2.06. The summed E-state index contributed by atoms with van der Waals surface area (Å²) in [6.07, 6.45) is 0. The number of hydrogen-bond donors (Lipinski definition) is 2. The van der Waals surface area contributed by atoms with Crippen LogP contribution in [0, 0.1) is 0 Å². The van der Waals surface area contributed by atoms with Gasteiger partial charge in [-0.15, -0.1) is 0 Å². The van der Waals surface area contributed by atoms with Crippen molar-refractivity contribution >= 4 is 43.5 Å². The van der Waals surface area contributed by atoms with Gasteiger partial charge in [0.1, 0.15) is 0 Å². The van der Waals surface area contributed by atoms with E-state index in [0.29, 0.717) is 10.4 Å². The lowest BCUT2D eigenvalue weighted by molar-refractivity contribution is -0.119. The maximum Gasteiger partial charge on any atom is 0.374 e. The number of nitrogens with one attached hydrogen (secondary N) is 1. The van der Waals surface area contributed by atoms with Gasteiger partial charge in [-0.1, -0.05) is 0 Å². The number of sulfonamides is 1. The Morgan fingerprint density at radius 1 is 1.17 bits per heavy atom. The Kier molecular flexibility index (Phi) is 5.19. The van der Waals surface area contributed by atoms with Gasteiger partial charge in [0.25, 0.3) is 5.91 Å². The van der Waals surface area contributed by atoms with Crippen molar-refractivity contribution in [1.82, 2.24) is 0 Å². The second-order valence-electron chi connectivity index (χ2n) is 4.30. The van der Waals surface area contributed by atoms with E-state index in [-0.39, 0.29) is 10.7 Å². The largest absolute Gasteiger partial charge is 0.450 e. The maximum absolute atomic E-state index is 11.7. The van der Waals surface area contributed by atoms with Crippen molar-refractivity contribution in [3.63, 3.8) is 0 Å². The van der Waals surface area contributed by atoms with Gasteiger partial charge in [-0.2, -0.15) is 0 Å². The van der Waals surface area contributed by atoms with E-state index < -0.39 is 28.5 Å². The first-order valence-electron chi connectivity index (χ1n) is 6.11. The number of benzene rings is 1. The average molecular weight is 403 g/mol. The summed E-state index contributed by atoms with van der Waals surface area (Å²) >= 11 is 3.04. The van der Waals surface area contributed by atoms with E-state index in [1.807, 2.05) is 0 Å². The summed E-state index contributed by atoms with van der Waals surface area (Å²) in [6.45, 7) is -0.520. The Hall–Kier alpha value is -2.17. The van der Waals surface area contributed by atoms with Crippen molar-refractivity contribution < 1.29 is 27.2 Å². The Morgan fingerprint density at radius 2 is 1.83 bits per heavy atom. The third kappa shape index (κ3) is 4.91. The van der Waals surface area contributed by atoms with Gasteiger partial charge in [-0.05, 0) is 52.3 Å². The lowest BCUT2D eigenvalue weighted by Crippen LogP contribution is -2.20. The third-order valence-electron chi connectivity index (χ3n) is 2.58. The Labute approximate surface area is 139 Å². The number of furan rings is 1. The Morgan fingerprint density at radius 3 is 2.35 bits per heavy atom. The monoisotopic (exact) mass is 402 g/mol. The van der Waals surface area contributed by atoms with E-state index in [9.17, 15) is 18.0 Å². The highest BCUT2D eigenvalue weighted by Crippen LogP contribution is 2.15. The predicted molar refractivity (Wildman–Crippen MR) is 83.1 cm³/mol. The number of carbonyl (C=O) groups excluding carboxylic acids is 2. The van der Waals surface area contributed by atoms with Crippen LogP contribution in [-0.2, 0) is 19.6 Å². The molecule has 1 aromatic carbocycles. The summed E-state index contributed by atoms with van der Waals surface area (Å²) in [4.78, 5) is 23.2. The molecule has 1 aromatic heterocycles. The molecule has 1 heterocycles. The van der Waals surface area contributed by atoms with Gasteiger partial charge in [0, 0.05) is 5.69 Å². The minimum absolute atomic E-state index is 0.0396. The molecule has 2 rings (SSSR count). The molecule has 122 valence electrons. The van der Waals surface area contributed by atoms with Gasteiger partial charge in [-0.3, -0.25) is 4.79 Å². The number of anilines is 1.